The minimum absolute atomic E-state index is 0. The number of hydrogen-bond acceptors (Lipinski definition) is 3. The molecule has 114 valence electrons. The molecule has 2 fully saturated rings. The van der Waals surface area contributed by atoms with E-state index in [1.165, 1.54) is 0 Å². The molecular formula is C12H26ClN3O2S. The van der Waals surface area contributed by atoms with Crippen LogP contribution in [-0.2, 0) is 10.2 Å². The third kappa shape index (κ3) is 3.82. The molecule has 3 unspecified atom stereocenters. The van der Waals surface area contributed by atoms with E-state index in [4.69, 9.17) is 0 Å². The third-order valence-corrected chi connectivity index (χ3v) is 6.04. The van der Waals surface area contributed by atoms with Crippen molar-refractivity contribution in [3.63, 3.8) is 0 Å². The molecule has 5 nitrogen and oxygen atoms in total. The summed E-state index contributed by atoms with van der Waals surface area (Å²) in [6, 6.07) is 0.279. The van der Waals surface area contributed by atoms with Gasteiger partial charge in [-0.3, -0.25) is 0 Å². The van der Waals surface area contributed by atoms with Crippen molar-refractivity contribution in [1.82, 2.24) is 13.9 Å². The predicted molar refractivity (Wildman–Crippen MR) is 79.8 cm³/mol. The van der Waals surface area contributed by atoms with Crippen molar-refractivity contribution in [3.05, 3.63) is 0 Å². The summed E-state index contributed by atoms with van der Waals surface area (Å²) < 4.78 is 28.7. The third-order valence-electron chi connectivity index (χ3n) is 3.95. The predicted octanol–water partition coefficient (Wildman–Crippen LogP) is 1.07. The Labute approximate surface area is 123 Å². The molecule has 0 bridgehead atoms. The van der Waals surface area contributed by atoms with Gasteiger partial charge in [0.25, 0.3) is 10.2 Å². The molecule has 7 heteroatoms. The van der Waals surface area contributed by atoms with E-state index >= 15 is 0 Å². The molecule has 1 N–H and O–H groups in total. The molecule has 0 aromatic heterocycles. The molecule has 0 amide bonds. The minimum Gasteiger partial charge on any atom is -0.311 e. The molecular weight excluding hydrogens is 286 g/mol. The Morgan fingerprint density at radius 3 is 2.47 bits per heavy atom. The topological polar surface area (TPSA) is 52.7 Å². The number of rotatable bonds is 2. The number of piperidine rings is 1. The van der Waals surface area contributed by atoms with Gasteiger partial charge in [0.05, 0.1) is 0 Å². The Hall–Kier alpha value is 0.120. The number of hydrogen-bond donors (Lipinski definition) is 1. The molecule has 19 heavy (non-hydrogen) atoms. The number of nitrogens with zero attached hydrogens (tertiary/aromatic N) is 2. The summed E-state index contributed by atoms with van der Waals surface area (Å²) in [4.78, 5) is 0. The highest BCUT2D eigenvalue weighted by atomic mass is 35.5. The van der Waals surface area contributed by atoms with Crippen LogP contribution in [0.4, 0.5) is 0 Å². The van der Waals surface area contributed by atoms with Gasteiger partial charge < -0.3 is 5.32 Å². The summed E-state index contributed by atoms with van der Waals surface area (Å²) in [6.07, 6.45) is 2.12. The van der Waals surface area contributed by atoms with Gasteiger partial charge in [0.1, 0.15) is 0 Å². The lowest BCUT2D eigenvalue weighted by atomic mass is 10.0. The molecule has 0 aliphatic carbocycles. The lowest BCUT2D eigenvalue weighted by Crippen LogP contribution is -2.60. The van der Waals surface area contributed by atoms with Crippen LogP contribution < -0.4 is 5.32 Å². The van der Waals surface area contributed by atoms with Gasteiger partial charge in [-0.1, -0.05) is 6.92 Å². The summed E-state index contributed by atoms with van der Waals surface area (Å²) in [6.45, 7) is 8.81. The maximum absolute atomic E-state index is 12.7. The first kappa shape index (κ1) is 17.2. The van der Waals surface area contributed by atoms with Gasteiger partial charge >= 0.3 is 0 Å². The Morgan fingerprint density at radius 2 is 1.84 bits per heavy atom. The molecule has 3 atom stereocenters. The van der Waals surface area contributed by atoms with Crippen LogP contribution in [-0.4, -0.2) is 55.3 Å². The lowest BCUT2D eigenvalue weighted by molar-refractivity contribution is 0.207. The maximum Gasteiger partial charge on any atom is 0.282 e. The van der Waals surface area contributed by atoms with E-state index in [1.807, 2.05) is 13.8 Å². The smallest absolute Gasteiger partial charge is 0.282 e. The molecule has 0 spiro atoms. The molecule has 0 aromatic carbocycles. The van der Waals surface area contributed by atoms with Gasteiger partial charge in [0.15, 0.2) is 0 Å². The van der Waals surface area contributed by atoms with Crippen LogP contribution in [0.2, 0.25) is 0 Å². The van der Waals surface area contributed by atoms with Gasteiger partial charge in [-0.05, 0) is 32.6 Å². The second-order valence-electron chi connectivity index (χ2n) is 5.84. The van der Waals surface area contributed by atoms with Crippen molar-refractivity contribution in [2.24, 2.45) is 5.92 Å². The van der Waals surface area contributed by atoms with Crippen molar-refractivity contribution in [1.29, 1.82) is 0 Å². The Bertz CT molecular complexity index is 390. The monoisotopic (exact) mass is 311 g/mol. The van der Waals surface area contributed by atoms with E-state index in [-0.39, 0.29) is 24.5 Å². The van der Waals surface area contributed by atoms with Crippen LogP contribution in [0.3, 0.4) is 0 Å². The highest BCUT2D eigenvalue weighted by Crippen LogP contribution is 2.23. The van der Waals surface area contributed by atoms with Crippen LogP contribution in [0.1, 0.15) is 33.6 Å². The Kier molecular flexibility index (Phi) is 6.07. The Morgan fingerprint density at radius 1 is 1.16 bits per heavy atom. The first-order chi connectivity index (χ1) is 8.41. The number of piperazine rings is 1. The average molecular weight is 312 g/mol. The molecule has 2 heterocycles. The van der Waals surface area contributed by atoms with Gasteiger partial charge in [-0.25, -0.2) is 0 Å². The zero-order chi connectivity index (χ0) is 13.3. The average Bonchev–Trinajstić information content (AvgIpc) is 2.32. The molecule has 2 aliphatic heterocycles. The largest absolute Gasteiger partial charge is 0.311 e. The summed E-state index contributed by atoms with van der Waals surface area (Å²) in [7, 11) is -3.27. The van der Waals surface area contributed by atoms with Gasteiger partial charge in [-0.2, -0.15) is 17.0 Å². The van der Waals surface area contributed by atoms with Gasteiger partial charge in [-0.15, -0.1) is 12.4 Å². The summed E-state index contributed by atoms with van der Waals surface area (Å²) in [5, 5.41) is 3.32. The first-order valence-corrected chi connectivity index (χ1v) is 8.31. The van der Waals surface area contributed by atoms with Crippen molar-refractivity contribution < 1.29 is 8.42 Å². The van der Waals surface area contributed by atoms with Crippen LogP contribution >= 0.6 is 12.4 Å². The van der Waals surface area contributed by atoms with Crippen molar-refractivity contribution in [2.75, 3.05) is 26.2 Å². The van der Waals surface area contributed by atoms with E-state index in [0.717, 1.165) is 19.4 Å². The second kappa shape index (κ2) is 6.72. The zero-order valence-corrected chi connectivity index (χ0v) is 13.6. The summed E-state index contributed by atoms with van der Waals surface area (Å²) in [5.74, 6) is 0.476. The molecule has 0 aromatic rings. The minimum atomic E-state index is -3.27. The molecule has 2 rings (SSSR count). The van der Waals surface area contributed by atoms with E-state index in [2.05, 4.69) is 12.2 Å². The highest BCUT2D eigenvalue weighted by Gasteiger charge is 2.37. The normalized spacial score (nSPS) is 34.8. The fourth-order valence-corrected chi connectivity index (χ4v) is 4.85. The van der Waals surface area contributed by atoms with Crippen LogP contribution in [0, 0.1) is 5.92 Å². The molecule has 0 radical (unpaired) electrons. The van der Waals surface area contributed by atoms with E-state index in [0.29, 0.717) is 25.6 Å². The first-order valence-electron chi connectivity index (χ1n) is 6.91. The van der Waals surface area contributed by atoms with Crippen molar-refractivity contribution in [2.45, 2.75) is 45.7 Å². The van der Waals surface area contributed by atoms with Gasteiger partial charge in [0.2, 0.25) is 0 Å². The number of nitrogens with one attached hydrogen (secondary N) is 1. The van der Waals surface area contributed by atoms with Crippen LogP contribution in [0.25, 0.3) is 0 Å². The Balaban J connectivity index is 0.00000180. The summed E-state index contributed by atoms with van der Waals surface area (Å²) >= 11 is 0. The van der Waals surface area contributed by atoms with Crippen molar-refractivity contribution >= 4 is 22.6 Å². The zero-order valence-electron chi connectivity index (χ0n) is 12.0. The maximum atomic E-state index is 12.7. The molecule has 2 saturated heterocycles. The second-order valence-corrected chi connectivity index (χ2v) is 7.72. The lowest BCUT2D eigenvalue weighted by Gasteiger charge is -2.41. The van der Waals surface area contributed by atoms with Crippen LogP contribution in [0.5, 0.6) is 0 Å². The van der Waals surface area contributed by atoms with Crippen molar-refractivity contribution in [3.8, 4) is 0 Å². The van der Waals surface area contributed by atoms with E-state index in [1.54, 1.807) is 8.61 Å². The van der Waals surface area contributed by atoms with Crippen LogP contribution in [0.15, 0.2) is 0 Å². The summed E-state index contributed by atoms with van der Waals surface area (Å²) in [5.41, 5.74) is 0. The quantitative estimate of drug-likeness (QED) is 0.830. The van der Waals surface area contributed by atoms with E-state index in [9.17, 15) is 8.42 Å². The highest BCUT2D eigenvalue weighted by molar-refractivity contribution is 7.86. The standard InChI is InChI=1S/C12H25N3O2S.ClH/c1-10-5-4-6-14(8-10)18(16,17)15-9-11(2)13-7-12(15)3;/h10-13H,4-9H2,1-3H3;1H. The van der Waals surface area contributed by atoms with E-state index < -0.39 is 10.2 Å². The fraction of sp³-hybridized carbons (Fsp3) is 1.00. The fourth-order valence-electron chi connectivity index (χ4n) is 2.81. The molecule has 2 aliphatic rings. The van der Waals surface area contributed by atoms with Gasteiger partial charge in [0, 0.05) is 38.3 Å². The SMILES string of the molecule is CC1CCCN(S(=O)(=O)N2CC(C)NCC2C)C1.Cl. The molecule has 0 saturated carbocycles. The number of halogens is 1.